The zero-order valence-electron chi connectivity index (χ0n) is 52.5. The molecule has 0 aromatic carbocycles. The van der Waals surface area contributed by atoms with Crippen molar-refractivity contribution in [1.82, 2.24) is 0 Å². The Morgan fingerprint density at radius 2 is 0.429 bits per heavy atom. The van der Waals surface area contributed by atoms with Gasteiger partial charge in [0.25, 0.3) is 0 Å². The van der Waals surface area contributed by atoms with Crippen molar-refractivity contribution in [2.75, 3.05) is 13.2 Å². The van der Waals surface area contributed by atoms with Crippen LogP contribution in [0.3, 0.4) is 0 Å². The lowest BCUT2D eigenvalue weighted by Gasteiger charge is -2.18. The molecular weight excluding hydrogens is 949 g/mol. The molecule has 6 nitrogen and oxygen atoms in total. The van der Waals surface area contributed by atoms with Gasteiger partial charge in [-0.2, -0.15) is 0 Å². The van der Waals surface area contributed by atoms with Crippen LogP contribution in [0, 0.1) is 0 Å². The minimum atomic E-state index is -0.770. The summed E-state index contributed by atoms with van der Waals surface area (Å²) in [6.45, 7) is 6.71. The maximum atomic E-state index is 12.9. The number of hydrogen-bond acceptors (Lipinski definition) is 6. The van der Waals surface area contributed by atoms with E-state index < -0.39 is 6.10 Å². The third-order valence-corrected chi connectivity index (χ3v) is 16.3. The van der Waals surface area contributed by atoms with Gasteiger partial charge in [-0.1, -0.05) is 354 Å². The molecule has 0 fully saturated rings. The molecule has 0 rings (SSSR count). The van der Waals surface area contributed by atoms with E-state index in [4.69, 9.17) is 14.2 Å². The third-order valence-electron chi connectivity index (χ3n) is 16.3. The van der Waals surface area contributed by atoms with Gasteiger partial charge in [0.1, 0.15) is 13.2 Å². The Kier molecular flexibility index (Phi) is 65.1. The highest BCUT2D eigenvalue weighted by atomic mass is 16.6. The average molecular weight is 1090 g/mol. The number of carbonyl (C=O) groups is 3. The first kappa shape index (κ1) is 75.2. The van der Waals surface area contributed by atoms with Crippen LogP contribution >= 0.6 is 0 Å². The highest BCUT2D eigenvalue weighted by molar-refractivity contribution is 5.71. The second kappa shape index (κ2) is 66.7. The van der Waals surface area contributed by atoms with E-state index in [1.165, 1.54) is 302 Å². The van der Waals surface area contributed by atoms with E-state index in [0.717, 1.165) is 64.2 Å². The summed E-state index contributed by atoms with van der Waals surface area (Å²) < 4.78 is 17.0. The molecule has 0 aliphatic heterocycles. The summed E-state index contributed by atoms with van der Waals surface area (Å²) in [6, 6.07) is 0. The minimum Gasteiger partial charge on any atom is -0.462 e. The van der Waals surface area contributed by atoms with Crippen LogP contribution in [0.1, 0.15) is 406 Å². The molecule has 0 aromatic heterocycles. The van der Waals surface area contributed by atoms with Crippen molar-refractivity contribution in [3.8, 4) is 0 Å². The van der Waals surface area contributed by atoms with Crippen LogP contribution in [0.5, 0.6) is 0 Å². The van der Waals surface area contributed by atoms with Crippen molar-refractivity contribution >= 4 is 17.9 Å². The van der Waals surface area contributed by atoms with Crippen LogP contribution in [-0.2, 0) is 28.6 Å². The SMILES string of the molecule is CCCCCCCC/C=C\CCCCCCCC(=O)OC(COC(=O)CCCCCCCCCCCCCCC)COC(=O)CCCCCCCCCCCCCCCCCCCCCCCCCCCCCCCCC. The van der Waals surface area contributed by atoms with Crippen molar-refractivity contribution < 1.29 is 28.6 Å². The fourth-order valence-electron chi connectivity index (χ4n) is 11.0. The van der Waals surface area contributed by atoms with Crippen LogP contribution < -0.4 is 0 Å². The molecule has 0 saturated heterocycles. The number of allylic oxidation sites excluding steroid dienone is 2. The number of unbranched alkanes of at least 4 members (excludes halogenated alkanes) is 53. The second-order valence-corrected chi connectivity index (χ2v) is 24.2. The molecule has 0 N–H and O–H groups in total. The van der Waals surface area contributed by atoms with Gasteiger partial charge < -0.3 is 14.2 Å². The normalized spacial score (nSPS) is 12.0. The molecule has 0 amide bonds. The van der Waals surface area contributed by atoms with E-state index >= 15 is 0 Å². The van der Waals surface area contributed by atoms with Gasteiger partial charge >= 0.3 is 17.9 Å². The summed E-state index contributed by atoms with van der Waals surface area (Å²) in [7, 11) is 0. The molecule has 0 aliphatic rings. The Morgan fingerprint density at radius 1 is 0.247 bits per heavy atom. The third kappa shape index (κ3) is 64.9. The Balaban J connectivity index is 4.08. The Hall–Kier alpha value is -1.85. The van der Waals surface area contributed by atoms with E-state index in [1.54, 1.807) is 0 Å². The molecule has 0 spiro atoms. The number of ether oxygens (including phenoxy) is 3. The van der Waals surface area contributed by atoms with Gasteiger partial charge in [0.2, 0.25) is 0 Å². The van der Waals surface area contributed by atoms with Crippen molar-refractivity contribution in [2.24, 2.45) is 0 Å². The van der Waals surface area contributed by atoms with E-state index in [9.17, 15) is 14.4 Å². The van der Waals surface area contributed by atoms with Gasteiger partial charge in [0.05, 0.1) is 0 Å². The molecule has 0 heterocycles. The predicted molar refractivity (Wildman–Crippen MR) is 335 cm³/mol. The van der Waals surface area contributed by atoms with Crippen LogP contribution in [0.25, 0.3) is 0 Å². The second-order valence-electron chi connectivity index (χ2n) is 24.2. The van der Waals surface area contributed by atoms with Crippen molar-refractivity contribution in [3.63, 3.8) is 0 Å². The predicted octanol–water partition coefficient (Wildman–Crippen LogP) is 24.0. The lowest BCUT2D eigenvalue weighted by molar-refractivity contribution is -0.167. The Morgan fingerprint density at radius 3 is 0.649 bits per heavy atom. The van der Waals surface area contributed by atoms with Crippen LogP contribution in [0.4, 0.5) is 0 Å². The molecule has 1 atom stereocenters. The molecule has 456 valence electrons. The number of hydrogen-bond donors (Lipinski definition) is 0. The number of carbonyl (C=O) groups excluding carboxylic acids is 3. The first-order valence-electron chi connectivity index (χ1n) is 35.2. The molecule has 0 aliphatic carbocycles. The molecule has 6 heteroatoms. The molecule has 77 heavy (non-hydrogen) atoms. The Bertz CT molecular complexity index is 1200. The fraction of sp³-hybridized carbons (Fsp3) is 0.930. The van der Waals surface area contributed by atoms with Crippen molar-refractivity contribution in [1.29, 1.82) is 0 Å². The molecular formula is C71H136O6. The maximum absolute atomic E-state index is 12.9. The highest BCUT2D eigenvalue weighted by Gasteiger charge is 2.19. The fourth-order valence-corrected chi connectivity index (χ4v) is 11.0. The number of esters is 3. The van der Waals surface area contributed by atoms with E-state index in [2.05, 4.69) is 32.9 Å². The first-order chi connectivity index (χ1) is 38.0. The molecule has 0 saturated carbocycles. The summed E-state index contributed by atoms with van der Waals surface area (Å²) >= 11 is 0. The van der Waals surface area contributed by atoms with Crippen LogP contribution in [0.15, 0.2) is 12.2 Å². The van der Waals surface area contributed by atoms with E-state index in [0.29, 0.717) is 19.3 Å². The minimum absolute atomic E-state index is 0.0669. The van der Waals surface area contributed by atoms with Crippen molar-refractivity contribution in [3.05, 3.63) is 12.2 Å². The first-order valence-corrected chi connectivity index (χ1v) is 35.2. The lowest BCUT2D eigenvalue weighted by atomic mass is 10.0. The topological polar surface area (TPSA) is 78.9 Å². The molecule has 1 unspecified atom stereocenters. The summed E-state index contributed by atoms with van der Waals surface area (Å²) in [5.41, 5.74) is 0. The van der Waals surface area contributed by atoms with E-state index in [-0.39, 0.29) is 31.1 Å². The van der Waals surface area contributed by atoms with Crippen LogP contribution in [0.2, 0.25) is 0 Å². The smallest absolute Gasteiger partial charge is 0.306 e. The molecule has 0 radical (unpaired) electrons. The largest absolute Gasteiger partial charge is 0.462 e. The van der Waals surface area contributed by atoms with Gasteiger partial charge in [-0.3, -0.25) is 14.4 Å². The summed E-state index contributed by atoms with van der Waals surface area (Å²) in [5, 5.41) is 0. The van der Waals surface area contributed by atoms with Gasteiger partial charge in [-0.15, -0.1) is 0 Å². The van der Waals surface area contributed by atoms with Gasteiger partial charge in [-0.05, 0) is 44.9 Å². The van der Waals surface area contributed by atoms with Gasteiger partial charge in [-0.25, -0.2) is 0 Å². The van der Waals surface area contributed by atoms with E-state index in [1.807, 2.05) is 0 Å². The van der Waals surface area contributed by atoms with Gasteiger partial charge in [0.15, 0.2) is 6.10 Å². The standard InChI is InChI=1S/C71H136O6/c1-4-7-10-13-16-19-22-25-27-28-29-30-31-32-33-34-35-36-37-38-39-40-41-42-44-46-49-52-55-58-61-64-70(73)76-67-68(66-75-69(72)63-60-57-54-51-48-45-24-21-18-15-12-9-6-3)77-71(74)65-62-59-56-53-50-47-43-26-23-20-17-14-11-8-5-2/h26,43,68H,4-25,27-42,44-67H2,1-3H3/b43-26-. The maximum Gasteiger partial charge on any atom is 0.306 e. The summed E-state index contributed by atoms with van der Waals surface area (Å²) in [5.74, 6) is -0.844. The monoisotopic (exact) mass is 1090 g/mol. The lowest BCUT2D eigenvalue weighted by Crippen LogP contribution is -2.30. The summed E-state index contributed by atoms with van der Waals surface area (Å²) in [6.07, 6.45) is 79.7. The average Bonchev–Trinajstić information content (AvgIpc) is 3.43. The quantitative estimate of drug-likeness (QED) is 0.0261. The zero-order chi connectivity index (χ0) is 55.7. The number of rotatable bonds is 66. The highest BCUT2D eigenvalue weighted by Crippen LogP contribution is 2.19. The van der Waals surface area contributed by atoms with Crippen molar-refractivity contribution in [2.45, 2.75) is 412 Å². The molecule has 0 bridgehead atoms. The summed E-state index contributed by atoms with van der Waals surface area (Å²) in [4.78, 5) is 38.3. The van der Waals surface area contributed by atoms with Gasteiger partial charge in [0, 0.05) is 19.3 Å². The molecule has 0 aromatic rings. The van der Waals surface area contributed by atoms with Crippen LogP contribution in [-0.4, -0.2) is 37.2 Å². The Labute approximate surface area is 481 Å². The zero-order valence-corrected chi connectivity index (χ0v) is 52.5.